The van der Waals surface area contributed by atoms with Gasteiger partial charge in [-0.2, -0.15) is 0 Å². The van der Waals surface area contributed by atoms with Crippen molar-refractivity contribution in [2.75, 3.05) is 13.1 Å². The quantitative estimate of drug-likeness (QED) is 0.711. The molecule has 0 bridgehead atoms. The van der Waals surface area contributed by atoms with Crippen LogP contribution in [-0.2, 0) is 16.1 Å². The molecule has 1 saturated heterocycles. The minimum Gasteiger partial charge on any atom is -0.322 e. The number of hydrogen-bond donors (Lipinski definition) is 2. The summed E-state index contributed by atoms with van der Waals surface area (Å²) >= 11 is 6.92. The third-order valence-corrected chi connectivity index (χ3v) is 7.67. The van der Waals surface area contributed by atoms with Gasteiger partial charge in [0.15, 0.2) is 0 Å². The van der Waals surface area contributed by atoms with E-state index in [4.69, 9.17) is 11.6 Å². The number of carbonyl (C=O) groups excluding carboxylic acids is 3. The summed E-state index contributed by atoms with van der Waals surface area (Å²) in [5.41, 5.74) is 3.81. The molecule has 1 atom stereocenters. The highest BCUT2D eigenvalue weighted by molar-refractivity contribution is 6.34. The summed E-state index contributed by atoms with van der Waals surface area (Å²) in [4.78, 5) is 38.4. The third-order valence-electron chi connectivity index (χ3n) is 7.24. The highest BCUT2D eigenvalue weighted by Gasteiger charge is 2.42. The molecule has 5 rings (SSSR count). The minimum absolute atomic E-state index is 0.111. The second-order valence-corrected chi connectivity index (χ2v) is 9.32. The van der Waals surface area contributed by atoms with E-state index in [1.165, 1.54) is 24.8 Å². The Balaban J connectivity index is 1.48. The van der Waals surface area contributed by atoms with Crippen LogP contribution in [0.3, 0.4) is 0 Å². The highest BCUT2D eigenvalue weighted by Crippen LogP contribution is 2.50. The number of imide groups is 1. The van der Waals surface area contributed by atoms with Gasteiger partial charge in [-0.25, -0.2) is 0 Å². The molecule has 1 aromatic carbocycles. The Labute approximate surface area is 181 Å². The van der Waals surface area contributed by atoms with E-state index in [1.807, 2.05) is 12.1 Å². The van der Waals surface area contributed by atoms with Crippen LogP contribution in [0.25, 0.3) is 5.57 Å². The minimum atomic E-state index is -0.620. The molecule has 3 heterocycles. The molecule has 1 aromatic rings. The van der Waals surface area contributed by atoms with Crippen LogP contribution in [0.2, 0.25) is 5.02 Å². The van der Waals surface area contributed by atoms with Gasteiger partial charge in [-0.1, -0.05) is 43.0 Å². The third kappa shape index (κ3) is 3.08. The molecule has 158 valence electrons. The standard InChI is InChI=1S/C23H26ClN3O3/c24-20-15(17-8-11-25-13-23(17)9-2-1-3-10-23)5-4-14-16(20)12-27(22(14)30)18-6-7-19(28)26-21(18)29/h4-5,8,18,25H,1-3,6-7,9-13H2,(H,26,28,29). The van der Waals surface area contributed by atoms with Crippen LogP contribution < -0.4 is 10.6 Å². The van der Waals surface area contributed by atoms with Crippen LogP contribution in [0.4, 0.5) is 0 Å². The summed E-state index contributed by atoms with van der Waals surface area (Å²) < 4.78 is 0. The van der Waals surface area contributed by atoms with Crippen LogP contribution in [0.1, 0.15) is 66.4 Å². The molecular formula is C23H26ClN3O3. The molecule has 0 radical (unpaired) electrons. The van der Waals surface area contributed by atoms with Gasteiger partial charge in [0.1, 0.15) is 6.04 Å². The molecule has 1 spiro atoms. The van der Waals surface area contributed by atoms with Gasteiger partial charge in [0.05, 0.1) is 5.02 Å². The van der Waals surface area contributed by atoms with Gasteiger partial charge in [-0.3, -0.25) is 19.7 Å². The molecule has 1 unspecified atom stereocenters. The first-order chi connectivity index (χ1) is 14.5. The average molecular weight is 428 g/mol. The van der Waals surface area contributed by atoms with E-state index < -0.39 is 11.9 Å². The summed E-state index contributed by atoms with van der Waals surface area (Å²) in [6, 6.07) is 3.23. The van der Waals surface area contributed by atoms with Crippen LogP contribution in [0, 0.1) is 5.41 Å². The van der Waals surface area contributed by atoms with Gasteiger partial charge in [0, 0.05) is 42.6 Å². The van der Waals surface area contributed by atoms with Crippen molar-refractivity contribution in [2.45, 2.75) is 57.5 Å². The molecule has 3 amide bonds. The molecule has 1 saturated carbocycles. The average Bonchev–Trinajstić information content (AvgIpc) is 3.07. The van der Waals surface area contributed by atoms with Gasteiger partial charge in [0.2, 0.25) is 11.8 Å². The van der Waals surface area contributed by atoms with Crippen LogP contribution in [0.15, 0.2) is 18.2 Å². The number of amides is 3. The zero-order chi connectivity index (χ0) is 20.9. The molecular weight excluding hydrogens is 402 g/mol. The maximum Gasteiger partial charge on any atom is 0.255 e. The van der Waals surface area contributed by atoms with Crippen LogP contribution in [0.5, 0.6) is 0 Å². The molecule has 3 aliphatic heterocycles. The molecule has 2 N–H and O–H groups in total. The van der Waals surface area contributed by atoms with Crippen molar-refractivity contribution in [2.24, 2.45) is 5.41 Å². The Bertz CT molecular complexity index is 965. The number of rotatable bonds is 2. The molecule has 1 aliphatic carbocycles. The molecule has 4 aliphatic rings. The number of hydrogen-bond acceptors (Lipinski definition) is 4. The monoisotopic (exact) mass is 427 g/mol. The lowest BCUT2D eigenvalue weighted by Crippen LogP contribution is -2.52. The van der Waals surface area contributed by atoms with Crippen LogP contribution >= 0.6 is 11.6 Å². The largest absolute Gasteiger partial charge is 0.322 e. The van der Waals surface area contributed by atoms with Gasteiger partial charge in [0.25, 0.3) is 5.91 Å². The zero-order valence-electron chi connectivity index (χ0n) is 16.9. The molecule has 2 fully saturated rings. The Morgan fingerprint density at radius 1 is 1.07 bits per heavy atom. The fourth-order valence-electron chi connectivity index (χ4n) is 5.68. The van der Waals surface area contributed by atoms with Crippen molar-refractivity contribution >= 4 is 34.9 Å². The predicted octanol–water partition coefficient (Wildman–Crippen LogP) is 3.04. The first-order valence-corrected chi connectivity index (χ1v) is 11.3. The van der Waals surface area contributed by atoms with Crippen molar-refractivity contribution in [1.29, 1.82) is 0 Å². The van der Waals surface area contributed by atoms with E-state index in [9.17, 15) is 14.4 Å². The summed E-state index contributed by atoms with van der Waals surface area (Å²) in [5.74, 6) is -0.859. The molecule has 7 heteroatoms. The van der Waals surface area contributed by atoms with Gasteiger partial charge >= 0.3 is 0 Å². The highest BCUT2D eigenvalue weighted by atomic mass is 35.5. The maximum atomic E-state index is 13.0. The Morgan fingerprint density at radius 3 is 2.60 bits per heavy atom. The van der Waals surface area contributed by atoms with E-state index in [1.54, 1.807) is 4.90 Å². The Kier molecular flexibility index (Phi) is 4.94. The number of piperidine rings is 1. The summed E-state index contributed by atoms with van der Waals surface area (Å²) in [7, 11) is 0. The summed E-state index contributed by atoms with van der Waals surface area (Å²) in [6.45, 7) is 2.10. The number of nitrogens with one attached hydrogen (secondary N) is 2. The van der Waals surface area contributed by atoms with E-state index in [0.29, 0.717) is 23.6 Å². The lowest BCUT2D eigenvalue weighted by Gasteiger charge is -2.42. The van der Waals surface area contributed by atoms with E-state index in [-0.39, 0.29) is 23.7 Å². The lowest BCUT2D eigenvalue weighted by atomic mass is 9.66. The second kappa shape index (κ2) is 7.50. The molecule has 6 nitrogen and oxygen atoms in total. The fraction of sp³-hybridized carbons (Fsp3) is 0.522. The van der Waals surface area contributed by atoms with Crippen molar-refractivity contribution in [3.63, 3.8) is 0 Å². The fourth-order valence-corrected chi connectivity index (χ4v) is 6.01. The smallest absolute Gasteiger partial charge is 0.255 e. The van der Waals surface area contributed by atoms with E-state index >= 15 is 0 Å². The number of halogens is 1. The lowest BCUT2D eigenvalue weighted by molar-refractivity contribution is -0.136. The van der Waals surface area contributed by atoms with Crippen LogP contribution in [-0.4, -0.2) is 41.8 Å². The van der Waals surface area contributed by atoms with E-state index in [2.05, 4.69) is 16.7 Å². The van der Waals surface area contributed by atoms with Crippen molar-refractivity contribution in [3.05, 3.63) is 39.9 Å². The Morgan fingerprint density at radius 2 is 1.83 bits per heavy atom. The second-order valence-electron chi connectivity index (χ2n) is 8.94. The van der Waals surface area contributed by atoms with Crippen molar-refractivity contribution in [3.8, 4) is 0 Å². The van der Waals surface area contributed by atoms with Gasteiger partial charge in [-0.05, 0) is 36.5 Å². The number of benzene rings is 1. The SMILES string of the molecule is O=C1CCC(N2Cc3c(ccc(C4=CCNCC45CCCCC5)c3Cl)C2=O)C(=O)N1. The topological polar surface area (TPSA) is 78.5 Å². The van der Waals surface area contributed by atoms with Gasteiger partial charge in [-0.15, -0.1) is 0 Å². The summed E-state index contributed by atoms with van der Waals surface area (Å²) in [6.07, 6.45) is 8.90. The first-order valence-electron chi connectivity index (χ1n) is 10.9. The first kappa shape index (κ1) is 19.8. The number of nitrogens with zero attached hydrogens (tertiary/aromatic N) is 1. The Hall–Kier alpha value is -2.18. The predicted molar refractivity (Wildman–Crippen MR) is 114 cm³/mol. The van der Waals surface area contributed by atoms with Crippen molar-refractivity contribution < 1.29 is 14.4 Å². The molecule has 0 aromatic heterocycles. The zero-order valence-corrected chi connectivity index (χ0v) is 17.7. The van der Waals surface area contributed by atoms with Gasteiger partial charge < -0.3 is 10.2 Å². The number of carbonyl (C=O) groups is 3. The van der Waals surface area contributed by atoms with E-state index in [0.717, 1.165) is 37.1 Å². The summed E-state index contributed by atoms with van der Waals surface area (Å²) in [5, 5.41) is 6.51. The normalized spacial score (nSPS) is 25.9. The number of fused-ring (bicyclic) bond motifs is 1. The maximum absolute atomic E-state index is 13.0. The van der Waals surface area contributed by atoms with Crippen molar-refractivity contribution in [1.82, 2.24) is 15.5 Å². The molecule has 30 heavy (non-hydrogen) atoms.